The summed E-state index contributed by atoms with van der Waals surface area (Å²) in [5.41, 5.74) is 2.54. The predicted octanol–water partition coefficient (Wildman–Crippen LogP) is 2.68. The SMILES string of the molecule is Cc1ccccc1S(=O)(=O)N1CC(C)NCc2ccccc21. The van der Waals surface area contributed by atoms with Gasteiger partial charge in [0.15, 0.2) is 0 Å². The highest BCUT2D eigenvalue weighted by atomic mass is 32.2. The number of hydrogen-bond donors (Lipinski definition) is 1. The van der Waals surface area contributed by atoms with Crippen LogP contribution in [0, 0.1) is 6.92 Å². The Hall–Kier alpha value is -1.85. The van der Waals surface area contributed by atoms with E-state index >= 15 is 0 Å². The molecule has 1 atom stereocenters. The minimum atomic E-state index is -3.57. The first-order chi connectivity index (χ1) is 10.5. The van der Waals surface area contributed by atoms with E-state index < -0.39 is 10.0 Å². The average molecular weight is 316 g/mol. The lowest BCUT2D eigenvalue weighted by Gasteiger charge is -2.26. The molecule has 1 heterocycles. The summed E-state index contributed by atoms with van der Waals surface area (Å²) in [4.78, 5) is 0.374. The van der Waals surface area contributed by atoms with Gasteiger partial charge < -0.3 is 5.32 Å². The fourth-order valence-corrected chi connectivity index (χ4v) is 4.61. The Morgan fingerprint density at radius 3 is 2.55 bits per heavy atom. The molecule has 116 valence electrons. The van der Waals surface area contributed by atoms with Crippen LogP contribution in [0.2, 0.25) is 0 Å². The summed E-state index contributed by atoms with van der Waals surface area (Å²) in [5, 5.41) is 3.36. The van der Waals surface area contributed by atoms with E-state index in [4.69, 9.17) is 0 Å². The lowest BCUT2D eigenvalue weighted by Crippen LogP contribution is -2.39. The van der Waals surface area contributed by atoms with Crippen LogP contribution < -0.4 is 9.62 Å². The quantitative estimate of drug-likeness (QED) is 0.927. The number of aryl methyl sites for hydroxylation is 1. The van der Waals surface area contributed by atoms with Crippen molar-refractivity contribution < 1.29 is 8.42 Å². The van der Waals surface area contributed by atoms with Gasteiger partial charge in [-0.3, -0.25) is 4.31 Å². The molecule has 4 nitrogen and oxygen atoms in total. The summed E-state index contributed by atoms with van der Waals surface area (Å²) in [7, 11) is -3.57. The van der Waals surface area contributed by atoms with Gasteiger partial charge in [0.25, 0.3) is 10.0 Å². The largest absolute Gasteiger partial charge is 0.308 e. The molecular formula is C17H20N2O2S. The van der Waals surface area contributed by atoms with E-state index in [0.717, 1.165) is 16.8 Å². The fourth-order valence-electron chi connectivity index (χ4n) is 2.79. The van der Waals surface area contributed by atoms with Crippen molar-refractivity contribution in [3.63, 3.8) is 0 Å². The number of fused-ring (bicyclic) bond motifs is 1. The third-order valence-corrected chi connectivity index (χ3v) is 5.94. The highest BCUT2D eigenvalue weighted by molar-refractivity contribution is 7.92. The summed E-state index contributed by atoms with van der Waals surface area (Å²) in [6, 6.07) is 14.9. The molecule has 0 saturated heterocycles. The minimum Gasteiger partial charge on any atom is -0.308 e. The lowest BCUT2D eigenvalue weighted by molar-refractivity contribution is 0.556. The van der Waals surface area contributed by atoms with Crippen LogP contribution in [0.15, 0.2) is 53.4 Å². The lowest BCUT2D eigenvalue weighted by atomic mass is 10.2. The molecule has 1 N–H and O–H groups in total. The van der Waals surface area contributed by atoms with Crippen molar-refractivity contribution in [2.45, 2.75) is 31.3 Å². The molecule has 0 bridgehead atoms. The third-order valence-electron chi connectivity index (χ3n) is 4.00. The van der Waals surface area contributed by atoms with Crippen LogP contribution in [0.5, 0.6) is 0 Å². The number of hydrogen-bond acceptors (Lipinski definition) is 3. The molecule has 1 unspecified atom stereocenters. The first kappa shape index (κ1) is 15.1. The molecule has 3 rings (SSSR count). The molecule has 2 aromatic rings. The molecular weight excluding hydrogens is 296 g/mol. The number of para-hydroxylation sites is 1. The van der Waals surface area contributed by atoms with Gasteiger partial charge in [0.1, 0.15) is 0 Å². The van der Waals surface area contributed by atoms with Crippen molar-refractivity contribution in [2.75, 3.05) is 10.8 Å². The van der Waals surface area contributed by atoms with E-state index in [1.165, 1.54) is 4.31 Å². The van der Waals surface area contributed by atoms with E-state index in [0.29, 0.717) is 18.0 Å². The maximum absolute atomic E-state index is 13.2. The molecule has 0 aliphatic carbocycles. The molecule has 0 fully saturated rings. The molecule has 0 amide bonds. The number of nitrogens with one attached hydrogen (secondary N) is 1. The number of anilines is 1. The zero-order valence-corrected chi connectivity index (χ0v) is 13.6. The Morgan fingerprint density at radius 2 is 1.77 bits per heavy atom. The number of rotatable bonds is 2. The zero-order chi connectivity index (χ0) is 15.7. The van der Waals surface area contributed by atoms with E-state index in [2.05, 4.69) is 5.32 Å². The Morgan fingerprint density at radius 1 is 1.09 bits per heavy atom. The maximum atomic E-state index is 13.2. The van der Waals surface area contributed by atoms with Crippen LogP contribution in [0.4, 0.5) is 5.69 Å². The number of nitrogens with zero attached hydrogens (tertiary/aromatic N) is 1. The fraction of sp³-hybridized carbons (Fsp3) is 0.294. The Bertz CT molecular complexity index is 787. The molecule has 0 radical (unpaired) electrons. The number of sulfonamides is 1. The summed E-state index contributed by atoms with van der Waals surface area (Å²) in [6.45, 7) is 4.94. The van der Waals surface area contributed by atoms with Gasteiger partial charge in [-0.05, 0) is 37.1 Å². The van der Waals surface area contributed by atoms with Crippen molar-refractivity contribution in [3.8, 4) is 0 Å². The van der Waals surface area contributed by atoms with Gasteiger partial charge in [-0.2, -0.15) is 0 Å². The van der Waals surface area contributed by atoms with Gasteiger partial charge >= 0.3 is 0 Å². The highest BCUT2D eigenvalue weighted by Gasteiger charge is 2.30. The zero-order valence-electron chi connectivity index (χ0n) is 12.8. The van der Waals surface area contributed by atoms with Gasteiger partial charge in [-0.1, -0.05) is 36.4 Å². The van der Waals surface area contributed by atoms with Gasteiger partial charge in [0.05, 0.1) is 10.6 Å². The second-order valence-corrected chi connectivity index (χ2v) is 7.54. The summed E-state index contributed by atoms with van der Waals surface area (Å²) >= 11 is 0. The van der Waals surface area contributed by atoms with Crippen LogP contribution in [0.25, 0.3) is 0 Å². The molecule has 5 heteroatoms. The number of benzene rings is 2. The van der Waals surface area contributed by atoms with Gasteiger partial charge in [0.2, 0.25) is 0 Å². The van der Waals surface area contributed by atoms with E-state index in [1.807, 2.05) is 50.2 Å². The van der Waals surface area contributed by atoms with Crippen LogP contribution in [-0.4, -0.2) is 21.0 Å². The molecule has 1 aliphatic heterocycles. The van der Waals surface area contributed by atoms with Crippen molar-refractivity contribution >= 4 is 15.7 Å². The van der Waals surface area contributed by atoms with Crippen molar-refractivity contribution in [1.29, 1.82) is 0 Å². The Balaban J connectivity index is 2.15. The third kappa shape index (κ3) is 2.62. The molecule has 22 heavy (non-hydrogen) atoms. The Labute approximate surface area is 131 Å². The standard InChI is InChI=1S/C17H20N2O2S/c1-13-7-3-6-10-17(13)22(20,21)19-12-14(2)18-11-15-8-4-5-9-16(15)19/h3-10,14,18H,11-12H2,1-2H3. The maximum Gasteiger partial charge on any atom is 0.264 e. The van der Waals surface area contributed by atoms with Crippen LogP contribution in [0.3, 0.4) is 0 Å². The van der Waals surface area contributed by atoms with Crippen molar-refractivity contribution in [2.24, 2.45) is 0 Å². The normalized spacial score (nSPS) is 18.6. The topological polar surface area (TPSA) is 49.4 Å². The minimum absolute atomic E-state index is 0.0891. The van der Waals surface area contributed by atoms with E-state index in [9.17, 15) is 8.42 Å². The molecule has 0 aromatic heterocycles. The molecule has 1 aliphatic rings. The predicted molar refractivity (Wildman–Crippen MR) is 88.5 cm³/mol. The summed E-state index contributed by atoms with van der Waals surface area (Å²) in [5.74, 6) is 0. The average Bonchev–Trinajstić information content (AvgIpc) is 2.68. The first-order valence-electron chi connectivity index (χ1n) is 7.40. The van der Waals surface area contributed by atoms with Gasteiger partial charge in [-0.15, -0.1) is 0 Å². The summed E-state index contributed by atoms with van der Waals surface area (Å²) in [6.07, 6.45) is 0. The monoisotopic (exact) mass is 316 g/mol. The highest BCUT2D eigenvalue weighted by Crippen LogP contribution is 2.30. The van der Waals surface area contributed by atoms with Crippen molar-refractivity contribution in [3.05, 3.63) is 59.7 Å². The molecule has 0 saturated carbocycles. The van der Waals surface area contributed by atoms with Gasteiger partial charge in [0, 0.05) is 19.1 Å². The van der Waals surface area contributed by atoms with Crippen LogP contribution in [0.1, 0.15) is 18.1 Å². The molecule has 0 spiro atoms. The van der Waals surface area contributed by atoms with Gasteiger partial charge in [-0.25, -0.2) is 8.42 Å². The smallest absolute Gasteiger partial charge is 0.264 e. The summed E-state index contributed by atoms with van der Waals surface area (Å²) < 4.78 is 27.9. The van der Waals surface area contributed by atoms with Crippen molar-refractivity contribution in [1.82, 2.24) is 5.32 Å². The second-order valence-electron chi connectivity index (χ2n) is 5.71. The van der Waals surface area contributed by atoms with Crippen LogP contribution >= 0.6 is 0 Å². The van der Waals surface area contributed by atoms with E-state index in [1.54, 1.807) is 12.1 Å². The van der Waals surface area contributed by atoms with E-state index in [-0.39, 0.29) is 6.04 Å². The Kier molecular flexibility index (Phi) is 3.93. The second kappa shape index (κ2) is 5.74. The molecule has 2 aromatic carbocycles. The first-order valence-corrected chi connectivity index (χ1v) is 8.84. The van der Waals surface area contributed by atoms with Crippen LogP contribution in [-0.2, 0) is 16.6 Å².